The Morgan fingerprint density at radius 3 is 2.46 bits per heavy atom. The third kappa shape index (κ3) is 4.16. The van der Waals surface area contributed by atoms with Gasteiger partial charge in [0.25, 0.3) is 5.91 Å². The number of aryl methyl sites for hydroxylation is 1. The molecule has 1 aromatic heterocycles. The fourth-order valence-corrected chi connectivity index (χ4v) is 4.91. The maximum atomic E-state index is 12.5. The molecule has 7 heteroatoms. The average molecular weight is 393 g/mol. The number of amides is 1. The molecule has 1 heterocycles. The number of benzene rings is 1. The summed E-state index contributed by atoms with van der Waals surface area (Å²) in [5.41, 5.74) is 2.10. The van der Waals surface area contributed by atoms with Crippen LogP contribution in [0.2, 0.25) is 0 Å². The molecular formula is C19H24N2O3S2. The summed E-state index contributed by atoms with van der Waals surface area (Å²) in [6.07, 6.45) is 3.21. The van der Waals surface area contributed by atoms with Crippen LogP contribution in [0.5, 0.6) is 0 Å². The van der Waals surface area contributed by atoms with Crippen molar-refractivity contribution in [2.75, 3.05) is 5.32 Å². The number of thiophene rings is 1. The van der Waals surface area contributed by atoms with E-state index >= 15 is 0 Å². The standard InChI is InChI=1S/C19H24N2O3S2/c1-19(2,3)13-4-9-16-12(10-13)11-17(25-16)18(22)21-14-5-7-15(8-6-14)26(20,23)24/h5-8,11,13H,4,9-10H2,1-3H3,(H,21,22)(H2,20,23,24)/t13-/m0/s1. The average Bonchev–Trinajstić information content (AvgIpc) is 2.97. The Hall–Kier alpha value is -1.70. The minimum atomic E-state index is -3.73. The smallest absolute Gasteiger partial charge is 0.265 e. The molecule has 1 aromatic carbocycles. The fourth-order valence-electron chi connectivity index (χ4n) is 3.30. The van der Waals surface area contributed by atoms with Gasteiger partial charge in [0.1, 0.15) is 0 Å². The molecule has 140 valence electrons. The van der Waals surface area contributed by atoms with Crippen molar-refractivity contribution in [3.63, 3.8) is 0 Å². The van der Waals surface area contributed by atoms with Gasteiger partial charge < -0.3 is 5.32 Å². The molecule has 3 rings (SSSR count). The molecule has 26 heavy (non-hydrogen) atoms. The van der Waals surface area contributed by atoms with E-state index in [9.17, 15) is 13.2 Å². The SMILES string of the molecule is CC(C)(C)[C@H]1CCc2sc(C(=O)Nc3ccc(S(N)(=O)=O)cc3)cc2C1. The quantitative estimate of drug-likeness (QED) is 0.832. The molecule has 2 aromatic rings. The van der Waals surface area contributed by atoms with Crippen molar-refractivity contribution in [2.24, 2.45) is 16.5 Å². The van der Waals surface area contributed by atoms with Crippen LogP contribution in [-0.2, 0) is 22.9 Å². The Kier molecular flexibility index (Phi) is 4.98. The third-order valence-corrected chi connectivity index (χ3v) is 7.14. The molecule has 1 amide bonds. The van der Waals surface area contributed by atoms with Crippen LogP contribution in [0.15, 0.2) is 35.2 Å². The van der Waals surface area contributed by atoms with E-state index in [-0.39, 0.29) is 16.2 Å². The summed E-state index contributed by atoms with van der Waals surface area (Å²) in [6, 6.07) is 7.87. The number of carbonyl (C=O) groups excluding carboxylic acids is 1. The molecule has 1 atom stereocenters. The van der Waals surface area contributed by atoms with Gasteiger partial charge >= 0.3 is 0 Å². The molecule has 0 radical (unpaired) electrons. The van der Waals surface area contributed by atoms with Crippen LogP contribution in [-0.4, -0.2) is 14.3 Å². The number of hydrogen-bond acceptors (Lipinski definition) is 4. The van der Waals surface area contributed by atoms with Crippen LogP contribution in [0.4, 0.5) is 5.69 Å². The van der Waals surface area contributed by atoms with Crippen LogP contribution in [0.3, 0.4) is 0 Å². The number of anilines is 1. The van der Waals surface area contributed by atoms with Crippen LogP contribution in [0.25, 0.3) is 0 Å². The minimum absolute atomic E-state index is 0.0234. The molecule has 3 N–H and O–H groups in total. The zero-order valence-corrected chi connectivity index (χ0v) is 16.8. The molecule has 0 bridgehead atoms. The number of hydrogen-bond donors (Lipinski definition) is 2. The lowest BCUT2D eigenvalue weighted by molar-refractivity contribution is 0.103. The monoisotopic (exact) mass is 392 g/mol. The Morgan fingerprint density at radius 2 is 1.88 bits per heavy atom. The molecule has 0 spiro atoms. The molecule has 1 aliphatic rings. The number of carbonyl (C=O) groups is 1. The summed E-state index contributed by atoms with van der Waals surface area (Å²) >= 11 is 1.55. The molecule has 1 aliphatic carbocycles. The number of nitrogens with two attached hydrogens (primary N) is 1. The van der Waals surface area contributed by atoms with E-state index in [1.165, 1.54) is 22.6 Å². The molecule has 0 aliphatic heterocycles. The minimum Gasteiger partial charge on any atom is -0.321 e. The van der Waals surface area contributed by atoms with Crippen molar-refractivity contribution in [3.8, 4) is 0 Å². The lowest BCUT2D eigenvalue weighted by Gasteiger charge is -2.33. The number of sulfonamides is 1. The van der Waals surface area contributed by atoms with Crippen molar-refractivity contribution in [1.82, 2.24) is 0 Å². The summed E-state index contributed by atoms with van der Waals surface area (Å²) < 4.78 is 22.6. The van der Waals surface area contributed by atoms with E-state index in [1.54, 1.807) is 23.5 Å². The van der Waals surface area contributed by atoms with E-state index in [1.807, 2.05) is 6.07 Å². The van der Waals surface area contributed by atoms with E-state index in [0.717, 1.165) is 19.3 Å². The predicted molar refractivity (Wildman–Crippen MR) is 105 cm³/mol. The zero-order chi connectivity index (χ0) is 19.1. The van der Waals surface area contributed by atoms with E-state index in [2.05, 4.69) is 26.1 Å². The second-order valence-corrected chi connectivity index (χ2v) is 10.6. The highest BCUT2D eigenvalue weighted by Crippen LogP contribution is 2.40. The first-order valence-corrected chi connectivity index (χ1v) is 11.0. The van der Waals surface area contributed by atoms with Crippen LogP contribution >= 0.6 is 11.3 Å². The van der Waals surface area contributed by atoms with Gasteiger partial charge in [-0.3, -0.25) is 4.79 Å². The van der Waals surface area contributed by atoms with Gasteiger partial charge in [0.15, 0.2) is 0 Å². The molecule has 5 nitrogen and oxygen atoms in total. The molecule has 0 fully saturated rings. The van der Waals surface area contributed by atoms with Crippen LogP contribution in [0.1, 0.15) is 47.3 Å². The summed E-state index contributed by atoms with van der Waals surface area (Å²) in [4.78, 5) is 14.6. The predicted octanol–water partition coefficient (Wildman–Crippen LogP) is 3.80. The Morgan fingerprint density at radius 1 is 1.23 bits per heavy atom. The number of fused-ring (bicyclic) bond motifs is 1. The number of rotatable bonds is 3. The van der Waals surface area contributed by atoms with Crippen molar-refractivity contribution in [1.29, 1.82) is 0 Å². The van der Waals surface area contributed by atoms with E-state index < -0.39 is 10.0 Å². The molecule has 0 saturated carbocycles. The van der Waals surface area contributed by atoms with Crippen molar-refractivity contribution >= 4 is 33.0 Å². The van der Waals surface area contributed by atoms with Crippen molar-refractivity contribution in [3.05, 3.63) is 45.6 Å². The second-order valence-electron chi connectivity index (χ2n) is 7.89. The first kappa shape index (κ1) is 19.1. The van der Waals surface area contributed by atoms with E-state index in [4.69, 9.17) is 5.14 Å². The van der Waals surface area contributed by atoms with Gasteiger partial charge in [-0.25, -0.2) is 13.6 Å². The lowest BCUT2D eigenvalue weighted by Crippen LogP contribution is -2.26. The largest absolute Gasteiger partial charge is 0.321 e. The third-order valence-electron chi connectivity index (χ3n) is 4.97. The first-order chi connectivity index (χ1) is 12.0. The van der Waals surface area contributed by atoms with Gasteiger partial charge in [0.05, 0.1) is 9.77 Å². The van der Waals surface area contributed by atoms with Gasteiger partial charge in [-0.15, -0.1) is 11.3 Å². The Balaban J connectivity index is 1.73. The van der Waals surface area contributed by atoms with Gasteiger partial charge in [-0.2, -0.15) is 0 Å². The molecular weight excluding hydrogens is 368 g/mol. The molecule has 0 saturated heterocycles. The maximum Gasteiger partial charge on any atom is 0.265 e. The Bertz CT molecular complexity index is 923. The van der Waals surface area contributed by atoms with Crippen molar-refractivity contribution in [2.45, 2.75) is 44.9 Å². The van der Waals surface area contributed by atoms with Gasteiger partial charge in [-0.05, 0) is 66.5 Å². The van der Waals surface area contributed by atoms with Crippen molar-refractivity contribution < 1.29 is 13.2 Å². The zero-order valence-electron chi connectivity index (χ0n) is 15.2. The highest BCUT2D eigenvalue weighted by atomic mass is 32.2. The highest BCUT2D eigenvalue weighted by Gasteiger charge is 2.30. The number of primary sulfonamides is 1. The fraction of sp³-hybridized carbons (Fsp3) is 0.421. The maximum absolute atomic E-state index is 12.5. The summed E-state index contributed by atoms with van der Waals surface area (Å²) in [7, 11) is -3.73. The summed E-state index contributed by atoms with van der Waals surface area (Å²) in [5.74, 6) is 0.464. The first-order valence-electron chi connectivity index (χ1n) is 8.60. The summed E-state index contributed by atoms with van der Waals surface area (Å²) in [6.45, 7) is 6.82. The summed E-state index contributed by atoms with van der Waals surface area (Å²) in [5, 5.41) is 7.91. The van der Waals surface area contributed by atoms with Gasteiger partial charge in [0.2, 0.25) is 10.0 Å². The lowest BCUT2D eigenvalue weighted by atomic mass is 9.72. The van der Waals surface area contributed by atoms with Crippen LogP contribution in [0, 0.1) is 11.3 Å². The van der Waals surface area contributed by atoms with E-state index in [0.29, 0.717) is 16.5 Å². The normalized spacial score (nSPS) is 17.6. The number of nitrogens with one attached hydrogen (secondary N) is 1. The van der Waals surface area contributed by atoms with Gasteiger partial charge in [0, 0.05) is 10.6 Å². The van der Waals surface area contributed by atoms with Crippen LogP contribution < -0.4 is 10.5 Å². The highest BCUT2D eigenvalue weighted by molar-refractivity contribution is 7.89. The van der Waals surface area contributed by atoms with Gasteiger partial charge in [-0.1, -0.05) is 20.8 Å². The molecule has 0 unspecified atom stereocenters. The topological polar surface area (TPSA) is 89.3 Å². The second kappa shape index (κ2) is 6.79. The Labute approximate surface area is 158 Å².